The third-order valence-corrected chi connectivity index (χ3v) is 2.84. The Labute approximate surface area is 79.1 Å². The Kier molecular flexibility index (Phi) is 1.97. The number of carbonyl (C=O) groups excluding carboxylic acids is 1. The Morgan fingerprint density at radius 1 is 1.50 bits per heavy atom. The van der Waals surface area contributed by atoms with Gasteiger partial charge in [0.25, 0.3) is 0 Å². The molecule has 0 saturated carbocycles. The van der Waals surface area contributed by atoms with Crippen LogP contribution in [0.1, 0.15) is 28.2 Å². The van der Waals surface area contributed by atoms with Gasteiger partial charge in [0.2, 0.25) is 0 Å². The molecule has 1 aliphatic rings. The molecule has 0 atom stereocenters. The molecule has 1 aromatic heterocycles. The minimum atomic E-state index is 0.530. The van der Waals surface area contributed by atoms with Crippen molar-refractivity contribution in [3.8, 4) is 0 Å². The fourth-order valence-electron chi connectivity index (χ4n) is 1.57. The average molecular weight is 226 g/mol. The minimum absolute atomic E-state index is 0.530. The average Bonchev–Trinajstić information content (AvgIpc) is 2.52. The zero-order valence-corrected chi connectivity index (χ0v) is 8.10. The van der Waals surface area contributed by atoms with Crippen molar-refractivity contribution in [1.82, 2.24) is 4.98 Å². The lowest BCUT2D eigenvalue weighted by molar-refractivity contribution is 0.111. The number of pyridine rings is 1. The molecule has 0 radical (unpaired) electrons. The highest BCUT2D eigenvalue weighted by molar-refractivity contribution is 9.10. The summed E-state index contributed by atoms with van der Waals surface area (Å²) in [6.45, 7) is 0. The molecule has 0 unspecified atom stereocenters. The number of fused-ring (bicyclic) bond motifs is 1. The van der Waals surface area contributed by atoms with E-state index in [9.17, 15) is 4.79 Å². The van der Waals surface area contributed by atoms with Crippen molar-refractivity contribution < 1.29 is 4.79 Å². The number of carbonyl (C=O) groups is 1. The predicted molar refractivity (Wildman–Crippen MR) is 49.3 cm³/mol. The number of aldehydes is 1. The second-order valence-electron chi connectivity index (χ2n) is 2.93. The summed E-state index contributed by atoms with van der Waals surface area (Å²) >= 11 is 3.44. The van der Waals surface area contributed by atoms with Crippen molar-refractivity contribution in [2.75, 3.05) is 0 Å². The van der Waals surface area contributed by atoms with Crippen LogP contribution in [0, 0.1) is 0 Å². The number of hydrogen-bond donors (Lipinski definition) is 0. The van der Waals surface area contributed by atoms with Gasteiger partial charge in [0.15, 0.2) is 6.29 Å². The molecule has 0 aromatic carbocycles. The monoisotopic (exact) mass is 225 g/mol. The topological polar surface area (TPSA) is 30.0 Å². The van der Waals surface area contributed by atoms with E-state index < -0.39 is 0 Å². The first-order valence-corrected chi connectivity index (χ1v) is 4.74. The molecular formula is C9H8BrNO. The summed E-state index contributed by atoms with van der Waals surface area (Å²) < 4.78 is 1.03. The van der Waals surface area contributed by atoms with E-state index in [0.29, 0.717) is 5.69 Å². The molecule has 3 heteroatoms. The Hall–Kier alpha value is -0.700. The Balaban J connectivity index is 2.58. The van der Waals surface area contributed by atoms with Crippen LogP contribution < -0.4 is 0 Å². The molecule has 0 aliphatic heterocycles. The first-order chi connectivity index (χ1) is 5.81. The van der Waals surface area contributed by atoms with Crippen LogP contribution in [0.3, 0.4) is 0 Å². The second-order valence-corrected chi connectivity index (χ2v) is 3.78. The largest absolute Gasteiger partial charge is 0.296 e. The van der Waals surface area contributed by atoms with Crippen molar-refractivity contribution in [2.45, 2.75) is 19.3 Å². The highest BCUT2D eigenvalue weighted by atomic mass is 79.9. The number of nitrogens with zero attached hydrogens (tertiary/aromatic N) is 1. The van der Waals surface area contributed by atoms with Crippen LogP contribution in [0.5, 0.6) is 0 Å². The van der Waals surface area contributed by atoms with Gasteiger partial charge in [-0.1, -0.05) is 15.9 Å². The molecule has 0 amide bonds. The quantitative estimate of drug-likeness (QED) is 0.686. The van der Waals surface area contributed by atoms with E-state index in [4.69, 9.17) is 0 Å². The third-order valence-electron chi connectivity index (χ3n) is 2.14. The first-order valence-electron chi connectivity index (χ1n) is 3.95. The molecular weight excluding hydrogens is 218 g/mol. The summed E-state index contributed by atoms with van der Waals surface area (Å²) in [5.74, 6) is 0. The molecule has 0 bridgehead atoms. The van der Waals surface area contributed by atoms with Crippen LogP contribution in [-0.2, 0) is 12.8 Å². The SMILES string of the molecule is O=Cc1cc(Br)c2c(n1)CCC2. The molecule has 1 aromatic rings. The summed E-state index contributed by atoms with van der Waals surface area (Å²) in [6, 6.07) is 1.79. The Bertz CT molecular complexity index is 336. The number of aromatic nitrogens is 1. The van der Waals surface area contributed by atoms with Gasteiger partial charge >= 0.3 is 0 Å². The Morgan fingerprint density at radius 3 is 3.08 bits per heavy atom. The molecule has 62 valence electrons. The molecule has 0 spiro atoms. The zero-order valence-electron chi connectivity index (χ0n) is 6.51. The summed E-state index contributed by atoms with van der Waals surface area (Å²) in [5, 5.41) is 0. The van der Waals surface area contributed by atoms with Crippen LogP contribution in [0.15, 0.2) is 10.5 Å². The van der Waals surface area contributed by atoms with Gasteiger partial charge in [-0.3, -0.25) is 4.79 Å². The van der Waals surface area contributed by atoms with Crippen molar-refractivity contribution in [1.29, 1.82) is 0 Å². The fourth-order valence-corrected chi connectivity index (χ4v) is 2.24. The lowest BCUT2D eigenvalue weighted by Gasteiger charge is -2.01. The highest BCUT2D eigenvalue weighted by Crippen LogP contribution is 2.27. The van der Waals surface area contributed by atoms with E-state index >= 15 is 0 Å². The van der Waals surface area contributed by atoms with Gasteiger partial charge < -0.3 is 0 Å². The number of hydrogen-bond acceptors (Lipinski definition) is 2. The fraction of sp³-hybridized carbons (Fsp3) is 0.333. The predicted octanol–water partition coefficient (Wildman–Crippen LogP) is 2.15. The lowest BCUT2D eigenvalue weighted by Crippen LogP contribution is -1.94. The second kappa shape index (κ2) is 2.98. The smallest absolute Gasteiger partial charge is 0.168 e. The highest BCUT2D eigenvalue weighted by Gasteiger charge is 2.15. The lowest BCUT2D eigenvalue weighted by atomic mass is 10.2. The van der Waals surface area contributed by atoms with E-state index in [0.717, 1.165) is 35.7 Å². The standard InChI is InChI=1S/C9H8BrNO/c10-8-4-6(5-12)11-9-3-1-2-7(8)9/h4-5H,1-3H2. The summed E-state index contributed by atoms with van der Waals surface area (Å²) in [6.07, 6.45) is 4.05. The zero-order chi connectivity index (χ0) is 8.55. The number of rotatable bonds is 1. The third kappa shape index (κ3) is 1.18. The van der Waals surface area contributed by atoms with Crippen LogP contribution in [-0.4, -0.2) is 11.3 Å². The van der Waals surface area contributed by atoms with Crippen molar-refractivity contribution in [3.05, 3.63) is 27.5 Å². The van der Waals surface area contributed by atoms with E-state index in [-0.39, 0.29) is 0 Å². The van der Waals surface area contributed by atoms with Gasteiger partial charge in [-0.2, -0.15) is 0 Å². The van der Waals surface area contributed by atoms with E-state index in [1.165, 1.54) is 5.56 Å². The van der Waals surface area contributed by atoms with E-state index in [1.807, 2.05) is 0 Å². The molecule has 0 fully saturated rings. The van der Waals surface area contributed by atoms with Crippen LogP contribution >= 0.6 is 15.9 Å². The first kappa shape index (κ1) is 7.92. The molecule has 1 heterocycles. The van der Waals surface area contributed by atoms with E-state index in [2.05, 4.69) is 20.9 Å². The van der Waals surface area contributed by atoms with Gasteiger partial charge in [0.05, 0.1) is 0 Å². The number of aryl methyl sites for hydroxylation is 1. The normalized spacial score (nSPS) is 14.4. The molecule has 2 nitrogen and oxygen atoms in total. The van der Waals surface area contributed by atoms with Crippen molar-refractivity contribution in [3.63, 3.8) is 0 Å². The van der Waals surface area contributed by atoms with Gasteiger partial charge in [-0.05, 0) is 30.9 Å². The molecule has 0 N–H and O–H groups in total. The maximum Gasteiger partial charge on any atom is 0.168 e. The molecule has 1 aliphatic carbocycles. The molecule has 0 saturated heterocycles. The van der Waals surface area contributed by atoms with Crippen LogP contribution in [0.25, 0.3) is 0 Å². The minimum Gasteiger partial charge on any atom is -0.296 e. The molecule has 2 rings (SSSR count). The van der Waals surface area contributed by atoms with Gasteiger partial charge in [-0.15, -0.1) is 0 Å². The van der Waals surface area contributed by atoms with Crippen molar-refractivity contribution >= 4 is 22.2 Å². The van der Waals surface area contributed by atoms with Gasteiger partial charge in [0.1, 0.15) is 5.69 Å². The van der Waals surface area contributed by atoms with Crippen LogP contribution in [0.4, 0.5) is 0 Å². The van der Waals surface area contributed by atoms with Crippen molar-refractivity contribution in [2.24, 2.45) is 0 Å². The summed E-state index contributed by atoms with van der Waals surface area (Å²) in [7, 11) is 0. The van der Waals surface area contributed by atoms with Crippen LogP contribution in [0.2, 0.25) is 0 Å². The maximum atomic E-state index is 10.5. The van der Waals surface area contributed by atoms with E-state index in [1.54, 1.807) is 6.07 Å². The number of halogens is 1. The summed E-state index contributed by atoms with van der Waals surface area (Å²) in [4.78, 5) is 14.7. The maximum absolute atomic E-state index is 10.5. The van der Waals surface area contributed by atoms with Gasteiger partial charge in [-0.25, -0.2) is 4.98 Å². The molecule has 12 heavy (non-hydrogen) atoms. The van der Waals surface area contributed by atoms with Gasteiger partial charge in [0, 0.05) is 10.2 Å². The summed E-state index contributed by atoms with van der Waals surface area (Å²) in [5.41, 5.74) is 2.90. The Morgan fingerprint density at radius 2 is 2.33 bits per heavy atom.